The summed E-state index contributed by atoms with van der Waals surface area (Å²) in [6.07, 6.45) is 5.64. The molecular weight excluding hydrogens is 112 g/mol. The van der Waals surface area contributed by atoms with E-state index in [0.717, 1.165) is 19.3 Å². The van der Waals surface area contributed by atoms with Crippen molar-refractivity contribution in [2.75, 3.05) is 0 Å². The minimum absolute atomic E-state index is 0.461. The van der Waals surface area contributed by atoms with Gasteiger partial charge in [-0.05, 0) is 12.8 Å². The standard InChI is InChI=1S/C8H11O/c9-8-5-6-1-3-7(8)4-2-6/h7H,1-5H2/q+1. The number of fused-ring (bicyclic) bond motifs is 3. The van der Waals surface area contributed by atoms with Crippen molar-refractivity contribution < 1.29 is 4.79 Å². The summed E-state index contributed by atoms with van der Waals surface area (Å²) in [5.41, 5.74) is 0. The third-order valence-electron chi connectivity index (χ3n) is 2.57. The van der Waals surface area contributed by atoms with Gasteiger partial charge in [-0.25, -0.2) is 0 Å². The van der Waals surface area contributed by atoms with Gasteiger partial charge < -0.3 is 0 Å². The van der Waals surface area contributed by atoms with E-state index in [1.807, 2.05) is 0 Å². The fourth-order valence-electron chi connectivity index (χ4n) is 1.92. The van der Waals surface area contributed by atoms with Crippen molar-refractivity contribution in [3.8, 4) is 0 Å². The first-order valence-corrected chi connectivity index (χ1v) is 3.72. The summed E-state index contributed by atoms with van der Waals surface area (Å²) in [7, 11) is 0. The first kappa shape index (κ1) is 5.33. The molecule has 0 aromatic rings. The van der Waals surface area contributed by atoms with Crippen LogP contribution in [0.1, 0.15) is 32.1 Å². The molecule has 2 bridgehead atoms. The van der Waals surface area contributed by atoms with E-state index in [4.69, 9.17) is 0 Å². The van der Waals surface area contributed by atoms with Gasteiger partial charge in [0.25, 0.3) is 0 Å². The number of ketones is 1. The zero-order chi connectivity index (χ0) is 6.27. The lowest BCUT2D eigenvalue weighted by atomic mass is 9.70. The monoisotopic (exact) mass is 123 g/mol. The van der Waals surface area contributed by atoms with Crippen LogP contribution in [0.5, 0.6) is 0 Å². The highest BCUT2D eigenvalue weighted by Gasteiger charge is 2.41. The third-order valence-corrected chi connectivity index (χ3v) is 2.57. The largest absolute Gasteiger partial charge is 0.295 e. The maximum absolute atomic E-state index is 11.0. The second-order valence-corrected chi connectivity index (χ2v) is 3.17. The Morgan fingerprint density at radius 1 is 1.33 bits per heavy atom. The van der Waals surface area contributed by atoms with Gasteiger partial charge >= 0.3 is 0 Å². The van der Waals surface area contributed by atoms with Crippen LogP contribution in [0.4, 0.5) is 0 Å². The molecule has 1 nitrogen and oxygen atoms in total. The summed E-state index contributed by atoms with van der Waals surface area (Å²) in [5, 5.41) is 0. The van der Waals surface area contributed by atoms with Gasteiger partial charge in [-0.1, -0.05) is 0 Å². The molecule has 0 amide bonds. The number of Topliss-reactive ketones (excluding diaryl/α,β-unsaturated/α-hetero) is 1. The molecule has 0 heterocycles. The van der Waals surface area contributed by atoms with E-state index >= 15 is 0 Å². The van der Waals surface area contributed by atoms with E-state index in [2.05, 4.69) is 0 Å². The Morgan fingerprint density at radius 2 is 2.00 bits per heavy atom. The van der Waals surface area contributed by atoms with Crippen molar-refractivity contribution in [2.45, 2.75) is 32.1 Å². The van der Waals surface area contributed by atoms with Crippen molar-refractivity contribution in [3.05, 3.63) is 5.92 Å². The summed E-state index contributed by atoms with van der Waals surface area (Å²) in [6, 6.07) is 0. The van der Waals surface area contributed by atoms with Crippen LogP contribution in [0, 0.1) is 11.8 Å². The number of rotatable bonds is 0. The molecule has 0 atom stereocenters. The van der Waals surface area contributed by atoms with Crippen LogP contribution in [-0.4, -0.2) is 5.78 Å². The Hall–Kier alpha value is -0.460. The van der Waals surface area contributed by atoms with Crippen molar-refractivity contribution in [2.24, 2.45) is 5.92 Å². The van der Waals surface area contributed by atoms with E-state index in [-0.39, 0.29) is 0 Å². The molecule has 48 valence electrons. The van der Waals surface area contributed by atoms with Crippen molar-refractivity contribution in [1.29, 1.82) is 0 Å². The number of hydrogen-bond donors (Lipinski definition) is 0. The Bertz CT molecular complexity index is 132. The van der Waals surface area contributed by atoms with Gasteiger partial charge in [0.15, 0.2) is 5.78 Å². The van der Waals surface area contributed by atoms with Crippen LogP contribution in [0.25, 0.3) is 0 Å². The lowest BCUT2D eigenvalue weighted by Crippen LogP contribution is -2.29. The predicted molar refractivity (Wildman–Crippen MR) is 34.8 cm³/mol. The summed E-state index contributed by atoms with van der Waals surface area (Å²) < 4.78 is 0. The highest BCUT2D eigenvalue weighted by Crippen LogP contribution is 2.39. The van der Waals surface area contributed by atoms with E-state index in [9.17, 15) is 4.79 Å². The summed E-state index contributed by atoms with van der Waals surface area (Å²) in [5.74, 6) is 2.49. The van der Waals surface area contributed by atoms with Gasteiger partial charge in [0, 0.05) is 5.92 Å². The smallest absolute Gasteiger partial charge is 0.180 e. The van der Waals surface area contributed by atoms with E-state index in [1.54, 1.807) is 0 Å². The summed E-state index contributed by atoms with van der Waals surface area (Å²) >= 11 is 0. The SMILES string of the molecule is O=C1C[C+]2CCC1CC2. The summed E-state index contributed by atoms with van der Waals surface area (Å²) in [4.78, 5) is 11.0. The Labute approximate surface area is 55.4 Å². The first-order valence-electron chi connectivity index (χ1n) is 3.72. The van der Waals surface area contributed by atoms with Crippen LogP contribution < -0.4 is 0 Å². The maximum Gasteiger partial charge on any atom is 0.180 e. The fourth-order valence-corrected chi connectivity index (χ4v) is 1.92. The molecule has 0 radical (unpaired) electrons. The molecule has 0 aromatic carbocycles. The van der Waals surface area contributed by atoms with Crippen LogP contribution in [0.2, 0.25) is 0 Å². The topological polar surface area (TPSA) is 17.1 Å². The highest BCUT2D eigenvalue weighted by atomic mass is 16.1. The molecule has 0 N–H and O–H groups in total. The molecule has 0 aliphatic heterocycles. The number of hydrogen-bond acceptors (Lipinski definition) is 1. The second-order valence-electron chi connectivity index (χ2n) is 3.17. The normalized spacial score (nSPS) is 27.6. The molecule has 0 saturated heterocycles. The number of carbonyl (C=O) groups is 1. The quantitative estimate of drug-likeness (QED) is 0.448. The molecule has 1 heteroatoms. The zero-order valence-corrected chi connectivity index (χ0v) is 5.52. The Kier molecular flexibility index (Phi) is 1.04. The van der Waals surface area contributed by atoms with Crippen LogP contribution in [0.15, 0.2) is 0 Å². The predicted octanol–water partition coefficient (Wildman–Crippen LogP) is 1.72. The van der Waals surface area contributed by atoms with Gasteiger partial charge in [0.1, 0.15) is 6.42 Å². The fraction of sp³-hybridized carbons (Fsp3) is 0.750. The first-order chi connectivity index (χ1) is 4.36. The number of carbonyl (C=O) groups excluding carboxylic acids is 1. The van der Waals surface area contributed by atoms with Crippen molar-refractivity contribution in [3.63, 3.8) is 0 Å². The van der Waals surface area contributed by atoms with Gasteiger partial charge in [-0.2, -0.15) is 0 Å². The van der Waals surface area contributed by atoms with E-state index in [0.29, 0.717) is 11.7 Å². The molecule has 9 heavy (non-hydrogen) atoms. The molecule has 3 aliphatic carbocycles. The lowest BCUT2D eigenvalue weighted by molar-refractivity contribution is -0.125. The zero-order valence-electron chi connectivity index (χ0n) is 5.52. The maximum atomic E-state index is 11.0. The molecular formula is C8H11O+. The Morgan fingerprint density at radius 3 is 2.22 bits per heavy atom. The van der Waals surface area contributed by atoms with Gasteiger partial charge in [-0.15, -0.1) is 0 Å². The second kappa shape index (κ2) is 1.76. The minimum atomic E-state index is 0.461. The van der Waals surface area contributed by atoms with Crippen molar-refractivity contribution in [1.82, 2.24) is 0 Å². The molecule has 3 aliphatic rings. The molecule has 3 rings (SSSR count). The van der Waals surface area contributed by atoms with E-state index in [1.165, 1.54) is 18.8 Å². The molecule has 3 fully saturated rings. The van der Waals surface area contributed by atoms with Gasteiger partial charge in [0.05, 0.1) is 18.8 Å². The minimum Gasteiger partial charge on any atom is -0.295 e. The van der Waals surface area contributed by atoms with Gasteiger partial charge in [0.2, 0.25) is 0 Å². The lowest BCUT2D eigenvalue weighted by Gasteiger charge is -2.25. The third kappa shape index (κ3) is 0.752. The molecule has 3 saturated carbocycles. The average molecular weight is 123 g/mol. The summed E-state index contributed by atoms with van der Waals surface area (Å²) in [6.45, 7) is 0. The van der Waals surface area contributed by atoms with Crippen molar-refractivity contribution >= 4 is 5.78 Å². The van der Waals surface area contributed by atoms with Crippen LogP contribution in [0.3, 0.4) is 0 Å². The molecule has 0 unspecified atom stereocenters. The Balaban J connectivity index is 2.15. The molecule has 0 aromatic heterocycles. The molecule has 0 spiro atoms. The van der Waals surface area contributed by atoms with E-state index < -0.39 is 0 Å². The van der Waals surface area contributed by atoms with Crippen LogP contribution >= 0.6 is 0 Å². The van der Waals surface area contributed by atoms with Crippen LogP contribution in [-0.2, 0) is 4.79 Å². The van der Waals surface area contributed by atoms with Gasteiger partial charge in [-0.3, -0.25) is 4.79 Å². The average Bonchev–Trinajstić information content (AvgIpc) is 1.90. The highest BCUT2D eigenvalue weighted by molar-refractivity contribution is 5.84.